The van der Waals surface area contributed by atoms with E-state index in [1.165, 1.54) is 18.4 Å². The molecule has 0 atom stereocenters. The number of hydrogen-bond donors (Lipinski definition) is 1. The van der Waals surface area contributed by atoms with E-state index in [2.05, 4.69) is 30.7 Å². The van der Waals surface area contributed by atoms with E-state index in [1.54, 1.807) is 30.6 Å². The van der Waals surface area contributed by atoms with Crippen LogP contribution < -0.4 is 10.1 Å². The van der Waals surface area contributed by atoms with Crippen molar-refractivity contribution in [2.24, 2.45) is 0 Å². The van der Waals surface area contributed by atoms with Crippen molar-refractivity contribution in [2.75, 3.05) is 12.4 Å². The number of hydrogen-bond acceptors (Lipinski definition) is 9. The summed E-state index contributed by atoms with van der Waals surface area (Å²) < 4.78 is 10.7. The fourth-order valence-corrected chi connectivity index (χ4v) is 2.93. The van der Waals surface area contributed by atoms with Gasteiger partial charge in [-0.05, 0) is 23.6 Å². The zero-order valence-electron chi connectivity index (χ0n) is 14.0. The number of amides is 1. The van der Waals surface area contributed by atoms with E-state index in [0.717, 1.165) is 10.4 Å². The summed E-state index contributed by atoms with van der Waals surface area (Å²) in [5.41, 5.74) is 1.37. The Morgan fingerprint density at radius 3 is 2.74 bits per heavy atom. The molecule has 0 aliphatic rings. The standard InChI is InChI=1S/C17H12N6O3S/c1-25-12-9-11(10-4-6-18-7-5-10)20-21-14(12)15(24)19-17-23-22-16(26-17)13-3-2-8-27-13/h2-9H,1H3,(H,19,23,24). The lowest BCUT2D eigenvalue weighted by molar-refractivity contribution is 0.101. The van der Waals surface area contributed by atoms with Crippen molar-refractivity contribution in [3.05, 3.63) is 53.8 Å². The van der Waals surface area contributed by atoms with Crippen LogP contribution in [0.4, 0.5) is 6.01 Å². The molecule has 1 amide bonds. The Morgan fingerprint density at radius 2 is 2.00 bits per heavy atom. The number of aromatic nitrogens is 5. The summed E-state index contributed by atoms with van der Waals surface area (Å²) in [7, 11) is 1.45. The number of methoxy groups -OCH3 is 1. The third kappa shape index (κ3) is 3.51. The van der Waals surface area contributed by atoms with Crippen LogP contribution in [0.1, 0.15) is 10.5 Å². The van der Waals surface area contributed by atoms with E-state index in [1.807, 2.05) is 17.5 Å². The second-order valence-electron chi connectivity index (χ2n) is 5.23. The first-order valence-electron chi connectivity index (χ1n) is 7.75. The van der Waals surface area contributed by atoms with Gasteiger partial charge in [-0.1, -0.05) is 11.2 Å². The fourth-order valence-electron chi connectivity index (χ4n) is 2.28. The average molecular weight is 380 g/mol. The molecule has 134 valence electrons. The molecule has 0 aliphatic heterocycles. The molecule has 0 saturated carbocycles. The van der Waals surface area contributed by atoms with Gasteiger partial charge in [0.15, 0.2) is 11.4 Å². The molecule has 4 heterocycles. The zero-order chi connectivity index (χ0) is 18.6. The largest absolute Gasteiger partial charge is 0.494 e. The molecule has 27 heavy (non-hydrogen) atoms. The Morgan fingerprint density at radius 1 is 1.15 bits per heavy atom. The fraction of sp³-hybridized carbons (Fsp3) is 0.0588. The van der Waals surface area contributed by atoms with Gasteiger partial charge in [0.1, 0.15) is 0 Å². The molecule has 0 saturated heterocycles. The van der Waals surface area contributed by atoms with Crippen molar-refractivity contribution in [1.29, 1.82) is 0 Å². The quantitative estimate of drug-likeness (QED) is 0.562. The molecule has 0 unspecified atom stereocenters. The van der Waals surface area contributed by atoms with Gasteiger partial charge < -0.3 is 9.15 Å². The van der Waals surface area contributed by atoms with Gasteiger partial charge in [0, 0.05) is 24.0 Å². The number of carbonyl (C=O) groups excluding carboxylic acids is 1. The van der Waals surface area contributed by atoms with Crippen LogP contribution in [0.2, 0.25) is 0 Å². The lowest BCUT2D eigenvalue weighted by Crippen LogP contribution is -2.16. The highest BCUT2D eigenvalue weighted by atomic mass is 32.1. The minimum Gasteiger partial charge on any atom is -0.494 e. The normalized spacial score (nSPS) is 10.6. The SMILES string of the molecule is COc1cc(-c2ccncc2)nnc1C(=O)Nc1nnc(-c2cccs2)o1. The summed E-state index contributed by atoms with van der Waals surface area (Å²) in [6.07, 6.45) is 3.29. The van der Waals surface area contributed by atoms with Crippen molar-refractivity contribution < 1.29 is 13.9 Å². The summed E-state index contributed by atoms with van der Waals surface area (Å²) >= 11 is 1.45. The second kappa shape index (κ2) is 7.30. The number of ether oxygens (including phenoxy) is 1. The van der Waals surface area contributed by atoms with Crippen LogP contribution in [0.25, 0.3) is 22.0 Å². The molecule has 0 aromatic carbocycles. The highest BCUT2D eigenvalue weighted by Gasteiger charge is 2.19. The summed E-state index contributed by atoms with van der Waals surface area (Å²) in [5, 5.41) is 20.2. The minimum atomic E-state index is -0.568. The number of pyridine rings is 1. The topological polar surface area (TPSA) is 116 Å². The van der Waals surface area contributed by atoms with Gasteiger partial charge in [0.2, 0.25) is 0 Å². The van der Waals surface area contributed by atoms with E-state index in [-0.39, 0.29) is 17.5 Å². The first kappa shape index (κ1) is 16.8. The summed E-state index contributed by atoms with van der Waals surface area (Å²) in [6, 6.07) is 8.87. The van der Waals surface area contributed by atoms with E-state index in [4.69, 9.17) is 9.15 Å². The van der Waals surface area contributed by atoms with Crippen LogP contribution in [-0.2, 0) is 0 Å². The van der Waals surface area contributed by atoms with Crippen molar-refractivity contribution in [3.63, 3.8) is 0 Å². The Balaban J connectivity index is 1.56. The minimum absolute atomic E-state index is 0.00572. The number of rotatable bonds is 5. The lowest BCUT2D eigenvalue weighted by Gasteiger charge is -2.07. The Labute approximate surface area is 157 Å². The molecule has 4 rings (SSSR count). The molecule has 10 heteroatoms. The molecule has 4 aromatic heterocycles. The first-order chi connectivity index (χ1) is 13.2. The van der Waals surface area contributed by atoms with Gasteiger partial charge in [-0.2, -0.15) is 0 Å². The second-order valence-corrected chi connectivity index (χ2v) is 6.17. The van der Waals surface area contributed by atoms with Crippen molar-refractivity contribution >= 4 is 23.3 Å². The van der Waals surface area contributed by atoms with Crippen LogP contribution in [0.5, 0.6) is 5.75 Å². The molecule has 9 nitrogen and oxygen atoms in total. The molecule has 0 bridgehead atoms. The molecule has 0 aliphatic carbocycles. The maximum Gasteiger partial charge on any atom is 0.322 e. The van der Waals surface area contributed by atoms with Crippen molar-refractivity contribution in [2.45, 2.75) is 0 Å². The van der Waals surface area contributed by atoms with Gasteiger partial charge in [0.25, 0.3) is 11.8 Å². The Kier molecular flexibility index (Phi) is 4.54. The summed E-state index contributed by atoms with van der Waals surface area (Å²) in [6.45, 7) is 0. The van der Waals surface area contributed by atoms with E-state index in [0.29, 0.717) is 11.6 Å². The average Bonchev–Trinajstić information content (AvgIpc) is 3.40. The highest BCUT2D eigenvalue weighted by molar-refractivity contribution is 7.13. The number of anilines is 1. The number of thiophene rings is 1. The summed E-state index contributed by atoms with van der Waals surface area (Å²) in [4.78, 5) is 17.3. The van der Waals surface area contributed by atoms with E-state index < -0.39 is 5.91 Å². The van der Waals surface area contributed by atoms with Crippen LogP contribution >= 0.6 is 11.3 Å². The number of nitrogens with zero attached hydrogens (tertiary/aromatic N) is 5. The van der Waals surface area contributed by atoms with Gasteiger partial charge in [-0.15, -0.1) is 26.6 Å². The van der Waals surface area contributed by atoms with Crippen LogP contribution in [0.15, 0.2) is 52.5 Å². The van der Waals surface area contributed by atoms with Crippen molar-refractivity contribution in [3.8, 4) is 27.8 Å². The Hall–Kier alpha value is -3.66. The molecular weight excluding hydrogens is 368 g/mol. The first-order valence-corrected chi connectivity index (χ1v) is 8.63. The van der Waals surface area contributed by atoms with E-state index in [9.17, 15) is 4.79 Å². The molecule has 4 aromatic rings. The predicted molar refractivity (Wildman–Crippen MR) is 97.4 cm³/mol. The van der Waals surface area contributed by atoms with Gasteiger partial charge in [-0.3, -0.25) is 15.1 Å². The monoisotopic (exact) mass is 380 g/mol. The molecule has 0 fully saturated rings. The maximum atomic E-state index is 12.5. The van der Waals surface area contributed by atoms with Gasteiger partial charge in [-0.25, -0.2) is 0 Å². The van der Waals surface area contributed by atoms with Gasteiger partial charge >= 0.3 is 6.01 Å². The van der Waals surface area contributed by atoms with Crippen LogP contribution in [-0.4, -0.2) is 38.4 Å². The maximum absolute atomic E-state index is 12.5. The lowest BCUT2D eigenvalue weighted by atomic mass is 10.2. The van der Waals surface area contributed by atoms with E-state index >= 15 is 0 Å². The Bertz CT molecular complexity index is 1070. The van der Waals surface area contributed by atoms with Crippen molar-refractivity contribution in [1.82, 2.24) is 25.4 Å². The molecule has 1 N–H and O–H groups in total. The van der Waals surface area contributed by atoms with Gasteiger partial charge in [0.05, 0.1) is 17.7 Å². The number of carbonyl (C=O) groups is 1. The molecular formula is C17H12N6O3S. The van der Waals surface area contributed by atoms with Crippen LogP contribution in [0, 0.1) is 0 Å². The smallest absolute Gasteiger partial charge is 0.322 e. The third-order valence-corrected chi connectivity index (χ3v) is 4.41. The third-order valence-electron chi connectivity index (χ3n) is 3.55. The summed E-state index contributed by atoms with van der Waals surface area (Å²) in [5.74, 6) is 0.0284. The molecule has 0 spiro atoms. The van der Waals surface area contributed by atoms with Crippen LogP contribution in [0.3, 0.4) is 0 Å². The highest BCUT2D eigenvalue weighted by Crippen LogP contribution is 2.26. The predicted octanol–water partition coefficient (Wildman–Crippen LogP) is 2.91. The number of nitrogens with one attached hydrogen (secondary N) is 1. The zero-order valence-corrected chi connectivity index (χ0v) is 14.8. The molecule has 0 radical (unpaired) electrons.